The number of carbonyl (C=O) groups excluding carboxylic acids is 3. The summed E-state index contributed by atoms with van der Waals surface area (Å²) in [5.41, 5.74) is 0. The highest BCUT2D eigenvalue weighted by Crippen LogP contribution is 2.18. The van der Waals surface area contributed by atoms with E-state index >= 15 is 0 Å². The van der Waals surface area contributed by atoms with Crippen LogP contribution in [0.25, 0.3) is 0 Å². The molecule has 0 N–H and O–H groups in total. The highest BCUT2D eigenvalue weighted by atomic mass is 16.6. The van der Waals surface area contributed by atoms with Crippen molar-refractivity contribution < 1.29 is 28.6 Å². The zero-order valence-electron chi connectivity index (χ0n) is 48.3. The zero-order chi connectivity index (χ0) is 51.4. The Morgan fingerprint density at radius 3 is 0.704 bits per heavy atom. The van der Waals surface area contributed by atoms with Gasteiger partial charge in [-0.2, -0.15) is 0 Å². The van der Waals surface area contributed by atoms with Crippen LogP contribution >= 0.6 is 0 Å². The number of allylic oxidation sites excluding steroid dienone is 2. The van der Waals surface area contributed by atoms with Crippen LogP contribution in [0, 0.1) is 0 Å². The van der Waals surface area contributed by atoms with Gasteiger partial charge in [0.2, 0.25) is 0 Å². The zero-order valence-corrected chi connectivity index (χ0v) is 48.3. The van der Waals surface area contributed by atoms with Crippen LogP contribution in [-0.4, -0.2) is 37.2 Å². The smallest absolute Gasteiger partial charge is 0.306 e. The van der Waals surface area contributed by atoms with Crippen molar-refractivity contribution in [2.45, 2.75) is 374 Å². The third-order valence-electron chi connectivity index (χ3n) is 14.8. The molecule has 0 aromatic heterocycles. The molecule has 0 saturated carbocycles. The highest BCUT2D eigenvalue weighted by molar-refractivity contribution is 5.71. The second kappa shape index (κ2) is 60.7. The predicted octanol–water partition coefficient (Wildman–Crippen LogP) is 21.7. The lowest BCUT2D eigenvalue weighted by molar-refractivity contribution is -0.167. The van der Waals surface area contributed by atoms with Crippen molar-refractivity contribution in [2.24, 2.45) is 0 Å². The summed E-state index contributed by atoms with van der Waals surface area (Å²) in [5, 5.41) is 0. The lowest BCUT2D eigenvalue weighted by atomic mass is 10.0. The molecular formula is C65H124O6. The molecule has 6 heteroatoms. The largest absolute Gasteiger partial charge is 0.462 e. The van der Waals surface area contributed by atoms with Crippen LogP contribution in [-0.2, 0) is 28.6 Å². The molecule has 0 heterocycles. The molecule has 0 radical (unpaired) electrons. The summed E-state index contributed by atoms with van der Waals surface area (Å²) in [5.74, 6) is -0.835. The molecule has 0 rings (SSSR count). The number of hydrogen-bond donors (Lipinski definition) is 0. The number of hydrogen-bond acceptors (Lipinski definition) is 6. The van der Waals surface area contributed by atoms with Crippen molar-refractivity contribution in [3.8, 4) is 0 Å². The normalized spacial score (nSPS) is 12.0. The van der Waals surface area contributed by atoms with Crippen LogP contribution in [0.5, 0.6) is 0 Å². The van der Waals surface area contributed by atoms with Crippen molar-refractivity contribution in [3.05, 3.63) is 12.2 Å². The molecule has 0 aromatic carbocycles. The van der Waals surface area contributed by atoms with Crippen LogP contribution in [0.1, 0.15) is 367 Å². The lowest BCUT2D eigenvalue weighted by Gasteiger charge is -2.18. The molecule has 1 atom stereocenters. The van der Waals surface area contributed by atoms with Gasteiger partial charge in [-0.1, -0.05) is 315 Å². The SMILES string of the molecule is CCCCCCCCCC/C=C\CCCCCCCCCCCC(=O)OCC(COC(=O)CCCCCCCCCCCCCCC)OC(=O)CCCCCCCCCCCCCCCCCCCCC. The van der Waals surface area contributed by atoms with Gasteiger partial charge in [0.05, 0.1) is 0 Å². The molecule has 0 amide bonds. The fraction of sp³-hybridized carbons (Fsp3) is 0.923. The van der Waals surface area contributed by atoms with Gasteiger partial charge >= 0.3 is 17.9 Å². The minimum absolute atomic E-state index is 0.0639. The fourth-order valence-electron chi connectivity index (χ4n) is 9.91. The van der Waals surface area contributed by atoms with Crippen LogP contribution in [0.2, 0.25) is 0 Å². The standard InChI is InChI=1S/C65H124O6/c1-4-7-10-13-16-19-22-25-27-29-31-32-34-35-37-40-43-46-49-52-55-58-64(67)70-61-62(60-69-63(66)57-54-51-48-45-42-39-24-21-18-15-12-9-6-3)71-65(68)59-56-53-50-47-44-41-38-36-33-30-28-26-23-20-17-14-11-8-5-2/h29,31,62H,4-28,30,32-61H2,1-3H3/b31-29-. The average Bonchev–Trinajstić information content (AvgIpc) is 3.37. The van der Waals surface area contributed by atoms with Crippen molar-refractivity contribution in [1.82, 2.24) is 0 Å². The molecule has 1 unspecified atom stereocenters. The van der Waals surface area contributed by atoms with Crippen LogP contribution in [0.4, 0.5) is 0 Å². The lowest BCUT2D eigenvalue weighted by Crippen LogP contribution is -2.30. The van der Waals surface area contributed by atoms with E-state index in [1.807, 2.05) is 0 Å². The van der Waals surface area contributed by atoms with E-state index in [4.69, 9.17) is 14.2 Å². The van der Waals surface area contributed by atoms with Gasteiger partial charge in [0.1, 0.15) is 13.2 Å². The second-order valence-electron chi connectivity index (χ2n) is 22.0. The monoisotopic (exact) mass is 1000 g/mol. The maximum Gasteiger partial charge on any atom is 0.306 e. The Balaban J connectivity index is 4.26. The van der Waals surface area contributed by atoms with Crippen molar-refractivity contribution in [1.29, 1.82) is 0 Å². The number of esters is 3. The summed E-state index contributed by atoms with van der Waals surface area (Å²) in [4.78, 5) is 38.3. The molecule has 0 saturated heterocycles. The Kier molecular flexibility index (Phi) is 59.1. The van der Waals surface area contributed by atoms with Gasteiger partial charge in [-0.25, -0.2) is 0 Å². The van der Waals surface area contributed by atoms with Gasteiger partial charge in [-0.3, -0.25) is 14.4 Å². The Hall–Kier alpha value is -1.85. The molecule has 0 aliphatic carbocycles. The Bertz CT molecular complexity index is 1100. The van der Waals surface area contributed by atoms with E-state index < -0.39 is 6.10 Å². The Morgan fingerprint density at radius 1 is 0.268 bits per heavy atom. The van der Waals surface area contributed by atoms with Gasteiger partial charge in [0, 0.05) is 19.3 Å². The third kappa shape index (κ3) is 58.9. The number of unbranched alkanes of at least 4 members (excludes halogenated alkanes) is 47. The van der Waals surface area contributed by atoms with E-state index in [1.165, 1.54) is 270 Å². The van der Waals surface area contributed by atoms with Crippen molar-refractivity contribution in [2.75, 3.05) is 13.2 Å². The van der Waals surface area contributed by atoms with Crippen molar-refractivity contribution >= 4 is 17.9 Å². The van der Waals surface area contributed by atoms with Gasteiger partial charge in [0.15, 0.2) is 6.10 Å². The summed E-state index contributed by atoms with van der Waals surface area (Å²) in [6.07, 6.45) is 70.7. The van der Waals surface area contributed by atoms with E-state index in [9.17, 15) is 14.4 Å². The van der Waals surface area contributed by atoms with Crippen LogP contribution in [0.15, 0.2) is 12.2 Å². The minimum Gasteiger partial charge on any atom is -0.462 e. The maximum atomic E-state index is 12.9. The first-order valence-corrected chi connectivity index (χ1v) is 32.2. The number of rotatable bonds is 60. The van der Waals surface area contributed by atoms with Gasteiger partial charge in [0.25, 0.3) is 0 Å². The van der Waals surface area contributed by atoms with Crippen LogP contribution in [0.3, 0.4) is 0 Å². The minimum atomic E-state index is -0.766. The number of ether oxygens (including phenoxy) is 3. The molecule has 0 aromatic rings. The number of carbonyl (C=O) groups is 3. The molecular weight excluding hydrogens is 877 g/mol. The highest BCUT2D eigenvalue weighted by Gasteiger charge is 2.19. The molecule has 6 nitrogen and oxygen atoms in total. The first-order valence-electron chi connectivity index (χ1n) is 32.2. The molecule has 0 aliphatic heterocycles. The fourth-order valence-corrected chi connectivity index (χ4v) is 9.91. The summed E-state index contributed by atoms with van der Waals surface area (Å²) in [6.45, 7) is 6.71. The van der Waals surface area contributed by atoms with E-state index in [1.54, 1.807) is 0 Å². The summed E-state index contributed by atoms with van der Waals surface area (Å²) >= 11 is 0. The maximum absolute atomic E-state index is 12.9. The first kappa shape index (κ1) is 69.2. The molecule has 420 valence electrons. The Morgan fingerprint density at radius 2 is 0.465 bits per heavy atom. The van der Waals surface area contributed by atoms with E-state index in [0.29, 0.717) is 19.3 Å². The quantitative estimate of drug-likeness (QED) is 0.0261. The second-order valence-corrected chi connectivity index (χ2v) is 22.0. The van der Waals surface area contributed by atoms with Crippen molar-refractivity contribution in [3.63, 3.8) is 0 Å². The van der Waals surface area contributed by atoms with Gasteiger partial charge in [-0.05, 0) is 44.9 Å². The molecule has 0 spiro atoms. The van der Waals surface area contributed by atoms with Gasteiger partial charge < -0.3 is 14.2 Å². The molecule has 0 bridgehead atoms. The first-order chi connectivity index (χ1) is 35.0. The predicted molar refractivity (Wildman–Crippen MR) is 307 cm³/mol. The van der Waals surface area contributed by atoms with E-state index in [-0.39, 0.29) is 31.1 Å². The molecule has 0 fully saturated rings. The Labute approximate surface area is 443 Å². The summed E-state index contributed by atoms with van der Waals surface area (Å²) < 4.78 is 16.9. The molecule has 0 aliphatic rings. The average molecular weight is 1000 g/mol. The van der Waals surface area contributed by atoms with Gasteiger partial charge in [-0.15, -0.1) is 0 Å². The summed E-state index contributed by atoms with van der Waals surface area (Å²) in [7, 11) is 0. The molecule has 71 heavy (non-hydrogen) atoms. The topological polar surface area (TPSA) is 78.9 Å². The van der Waals surface area contributed by atoms with Crippen LogP contribution < -0.4 is 0 Å². The van der Waals surface area contributed by atoms with E-state index in [0.717, 1.165) is 57.8 Å². The summed E-state index contributed by atoms with van der Waals surface area (Å²) in [6, 6.07) is 0. The van der Waals surface area contributed by atoms with E-state index in [2.05, 4.69) is 32.9 Å². The third-order valence-corrected chi connectivity index (χ3v) is 14.8.